The molecule has 0 spiro atoms. The summed E-state index contributed by atoms with van der Waals surface area (Å²) in [5.41, 5.74) is 2.90. The molecule has 0 bridgehead atoms. The van der Waals surface area contributed by atoms with Gasteiger partial charge in [0.15, 0.2) is 5.43 Å². The lowest BCUT2D eigenvalue weighted by molar-refractivity contribution is 0.397. The van der Waals surface area contributed by atoms with Gasteiger partial charge in [-0.3, -0.25) is 4.79 Å². The zero-order valence-electron chi connectivity index (χ0n) is 11.9. The van der Waals surface area contributed by atoms with E-state index < -0.39 is 0 Å². The second kappa shape index (κ2) is 5.19. The molecule has 0 saturated carbocycles. The van der Waals surface area contributed by atoms with E-state index in [1.165, 1.54) is 6.42 Å². The summed E-state index contributed by atoms with van der Waals surface area (Å²) in [5, 5.41) is 0.654. The lowest BCUT2D eigenvalue weighted by Crippen LogP contribution is -2.14. The number of H-pyrrole nitrogens is 1. The minimum atomic E-state index is 0.118. The van der Waals surface area contributed by atoms with Crippen LogP contribution >= 0.6 is 0 Å². The summed E-state index contributed by atoms with van der Waals surface area (Å²) in [6.07, 6.45) is 5.20. The van der Waals surface area contributed by atoms with Gasteiger partial charge in [0.25, 0.3) is 0 Å². The Kier molecular flexibility index (Phi) is 3.38. The maximum absolute atomic E-state index is 12.7. The molecular formula is C16H19NO3. The third-order valence-corrected chi connectivity index (χ3v) is 4.04. The molecule has 20 heavy (non-hydrogen) atoms. The second-order valence-electron chi connectivity index (χ2n) is 5.22. The quantitative estimate of drug-likeness (QED) is 0.856. The fourth-order valence-corrected chi connectivity index (χ4v) is 2.96. The fraction of sp³-hybridized carbons (Fsp3) is 0.438. The second-order valence-corrected chi connectivity index (χ2v) is 5.22. The number of methoxy groups -OCH3 is 2. The maximum atomic E-state index is 12.7. The van der Waals surface area contributed by atoms with Gasteiger partial charge in [-0.15, -0.1) is 0 Å². The highest BCUT2D eigenvalue weighted by molar-refractivity contribution is 5.87. The van der Waals surface area contributed by atoms with Crippen molar-refractivity contribution in [2.24, 2.45) is 0 Å². The first-order valence-electron chi connectivity index (χ1n) is 7.04. The van der Waals surface area contributed by atoms with Crippen LogP contribution in [-0.4, -0.2) is 19.2 Å². The number of fused-ring (bicyclic) bond motifs is 2. The Bertz CT molecular complexity index is 703. The van der Waals surface area contributed by atoms with Crippen LogP contribution in [0.1, 0.15) is 30.5 Å². The number of aromatic amines is 1. The highest BCUT2D eigenvalue weighted by Crippen LogP contribution is 2.30. The number of benzene rings is 1. The van der Waals surface area contributed by atoms with Crippen molar-refractivity contribution in [2.75, 3.05) is 14.2 Å². The highest BCUT2D eigenvalue weighted by Gasteiger charge is 2.17. The molecule has 3 rings (SSSR count). The number of aromatic nitrogens is 1. The van der Waals surface area contributed by atoms with Crippen LogP contribution in [0.2, 0.25) is 0 Å². The first-order chi connectivity index (χ1) is 9.74. The Morgan fingerprint density at radius 1 is 1.05 bits per heavy atom. The smallest absolute Gasteiger partial charge is 0.193 e. The molecule has 1 heterocycles. The molecule has 106 valence electrons. The van der Waals surface area contributed by atoms with Gasteiger partial charge in [0.05, 0.1) is 25.1 Å². The van der Waals surface area contributed by atoms with E-state index in [-0.39, 0.29) is 5.43 Å². The van der Waals surface area contributed by atoms with Crippen molar-refractivity contribution in [3.8, 4) is 11.5 Å². The molecule has 1 aromatic carbocycles. The van der Waals surface area contributed by atoms with E-state index in [0.29, 0.717) is 16.9 Å². The molecule has 0 amide bonds. The SMILES string of the molecule is COc1cc(OC)c2[nH]c3c(c(=O)c2c1)CCCCC3. The number of rotatable bonds is 2. The van der Waals surface area contributed by atoms with Gasteiger partial charge in [-0.05, 0) is 31.7 Å². The van der Waals surface area contributed by atoms with Crippen molar-refractivity contribution in [2.45, 2.75) is 32.1 Å². The standard InChI is InChI=1S/C16H19NO3/c1-19-10-8-12-15(14(9-10)20-2)17-13-7-5-3-4-6-11(13)16(12)18/h8-9H,3-7H2,1-2H3,(H,17,18). The monoisotopic (exact) mass is 273 g/mol. The van der Waals surface area contributed by atoms with Crippen molar-refractivity contribution in [3.63, 3.8) is 0 Å². The van der Waals surface area contributed by atoms with Crippen molar-refractivity contribution in [1.29, 1.82) is 0 Å². The van der Waals surface area contributed by atoms with E-state index in [9.17, 15) is 4.79 Å². The number of pyridine rings is 1. The maximum Gasteiger partial charge on any atom is 0.193 e. The topological polar surface area (TPSA) is 51.3 Å². The molecule has 0 fully saturated rings. The molecule has 0 radical (unpaired) electrons. The molecule has 1 N–H and O–H groups in total. The summed E-state index contributed by atoms with van der Waals surface area (Å²) in [6, 6.07) is 3.60. The van der Waals surface area contributed by atoms with Crippen molar-refractivity contribution < 1.29 is 9.47 Å². The number of hydrogen-bond acceptors (Lipinski definition) is 3. The van der Waals surface area contributed by atoms with Crippen molar-refractivity contribution >= 4 is 10.9 Å². The Morgan fingerprint density at radius 3 is 2.60 bits per heavy atom. The van der Waals surface area contributed by atoms with Gasteiger partial charge in [0.2, 0.25) is 0 Å². The van der Waals surface area contributed by atoms with E-state index in [1.807, 2.05) is 0 Å². The highest BCUT2D eigenvalue weighted by atomic mass is 16.5. The number of nitrogens with one attached hydrogen (secondary N) is 1. The lowest BCUT2D eigenvalue weighted by atomic mass is 10.0. The molecule has 2 aromatic rings. The van der Waals surface area contributed by atoms with Crippen molar-refractivity contribution in [1.82, 2.24) is 4.98 Å². The van der Waals surface area contributed by atoms with Crippen LogP contribution in [-0.2, 0) is 12.8 Å². The minimum Gasteiger partial charge on any atom is -0.497 e. The van der Waals surface area contributed by atoms with Crippen LogP contribution < -0.4 is 14.9 Å². The predicted octanol–water partition coefficient (Wildman–Crippen LogP) is 2.81. The summed E-state index contributed by atoms with van der Waals surface area (Å²) in [5.74, 6) is 1.30. The van der Waals surface area contributed by atoms with Gasteiger partial charge in [-0.25, -0.2) is 0 Å². The molecule has 0 unspecified atom stereocenters. The average molecular weight is 273 g/mol. The van der Waals surface area contributed by atoms with E-state index in [0.717, 1.165) is 42.5 Å². The van der Waals surface area contributed by atoms with E-state index in [4.69, 9.17) is 9.47 Å². The third-order valence-electron chi connectivity index (χ3n) is 4.04. The van der Waals surface area contributed by atoms with Crippen LogP contribution in [0.5, 0.6) is 11.5 Å². The molecule has 0 aliphatic heterocycles. The van der Waals surface area contributed by atoms with Gasteiger partial charge >= 0.3 is 0 Å². The molecular weight excluding hydrogens is 254 g/mol. The van der Waals surface area contributed by atoms with E-state index in [2.05, 4.69) is 4.98 Å². The third kappa shape index (κ3) is 2.05. The summed E-state index contributed by atoms with van der Waals surface area (Å²) in [7, 11) is 3.20. The van der Waals surface area contributed by atoms with Gasteiger partial charge in [0.1, 0.15) is 11.5 Å². The first kappa shape index (κ1) is 13.0. The average Bonchev–Trinajstić information content (AvgIpc) is 2.72. The largest absolute Gasteiger partial charge is 0.497 e. The van der Waals surface area contributed by atoms with Gasteiger partial charge in [-0.2, -0.15) is 0 Å². The zero-order chi connectivity index (χ0) is 14.1. The summed E-state index contributed by atoms with van der Waals surface area (Å²) < 4.78 is 10.7. The summed E-state index contributed by atoms with van der Waals surface area (Å²) >= 11 is 0. The molecule has 1 aliphatic rings. The number of hydrogen-bond donors (Lipinski definition) is 1. The number of aryl methyl sites for hydroxylation is 1. The van der Waals surface area contributed by atoms with Gasteiger partial charge < -0.3 is 14.5 Å². The van der Waals surface area contributed by atoms with Crippen molar-refractivity contribution in [3.05, 3.63) is 33.6 Å². The molecule has 0 saturated heterocycles. The normalized spacial score (nSPS) is 14.7. The van der Waals surface area contributed by atoms with E-state index in [1.54, 1.807) is 26.4 Å². The Balaban J connectivity index is 2.34. The molecule has 4 nitrogen and oxygen atoms in total. The Morgan fingerprint density at radius 2 is 1.85 bits per heavy atom. The number of ether oxygens (including phenoxy) is 2. The zero-order valence-corrected chi connectivity index (χ0v) is 11.9. The predicted molar refractivity (Wildman–Crippen MR) is 78.9 cm³/mol. The fourth-order valence-electron chi connectivity index (χ4n) is 2.96. The minimum absolute atomic E-state index is 0.118. The summed E-state index contributed by atoms with van der Waals surface area (Å²) in [4.78, 5) is 16.1. The van der Waals surface area contributed by atoms with E-state index >= 15 is 0 Å². The van der Waals surface area contributed by atoms with Crippen LogP contribution in [0.15, 0.2) is 16.9 Å². The molecule has 4 heteroatoms. The lowest BCUT2D eigenvalue weighted by Gasteiger charge is -2.12. The van der Waals surface area contributed by atoms with Crippen LogP contribution in [0, 0.1) is 0 Å². The Labute approximate surface area is 117 Å². The van der Waals surface area contributed by atoms with Crippen LogP contribution in [0.25, 0.3) is 10.9 Å². The van der Waals surface area contributed by atoms with Crippen LogP contribution in [0.3, 0.4) is 0 Å². The first-order valence-corrected chi connectivity index (χ1v) is 7.04. The molecule has 1 aliphatic carbocycles. The van der Waals surface area contributed by atoms with Gasteiger partial charge in [0, 0.05) is 17.3 Å². The Hall–Kier alpha value is -1.97. The molecule has 1 aromatic heterocycles. The summed E-state index contributed by atoms with van der Waals surface area (Å²) in [6.45, 7) is 0. The molecule has 0 atom stereocenters. The van der Waals surface area contributed by atoms with Gasteiger partial charge in [-0.1, -0.05) is 6.42 Å². The van der Waals surface area contributed by atoms with Crippen LogP contribution in [0.4, 0.5) is 0 Å².